The minimum Gasteiger partial charge on any atom is -0.378 e. The van der Waals surface area contributed by atoms with Crippen LogP contribution in [-0.4, -0.2) is 66.4 Å². The Balaban J connectivity index is 1.22. The van der Waals surface area contributed by atoms with Gasteiger partial charge >= 0.3 is 0 Å². The third-order valence-corrected chi connectivity index (χ3v) is 8.56. The number of aryl methyl sites for hydroxylation is 2. The van der Waals surface area contributed by atoms with Crippen LogP contribution in [0.1, 0.15) is 61.8 Å². The molecule has 2 aromatic carbocycles. The molecule has 4 nitrogen and oxygen atoms in total. The highest BCUT2D eigenvalue weighted by atomic mass is 16.3. The topological polar surface area (TPSA) is 38.7 Å². The maximum absolute atomic E-state index is 10.8. The predicted octanol–water partition coefficient (Wildman–Crippen LogP) is 4.71. The summed E-state index contributed by atoms with van der Waals surface area (Å²) in [6.45, 7) is 11.0. The highest BCUT2D eigenvalue weighted by Crippen LogP contribution is 2.38. The van der Waals surface area contributed by atoms with Gasteiger partial charge in [0.2, 0.25) is 0 Å². The number of nitrogens with zero attached hydrogens (tertiary/aromatic N) is 2. The van der Waals surface area contributed by atoms with Crippen molar-refractivity contribution in [3.63, 3.8) is 0 Å². The summed E-state index contributed by atoms with van der Waals surface area (Å²) in [6, 6.07) is 18.4. The zero-order valence-corrected chi connectivity index (χ0v) is 21.7. The van der Waals surface area contributed by atoms with Gasteiger partial charge < -0.3 is 14.9 Å². The Bertz CT molecular complexity index is 964. The minimum absolute atomic E-state index is 0.294. The zero-order chi connectivity index (χ0) is 24.2. The van der Waals surface area contributed by atoms with Gasteiger partial charge in [0.05, 0.1) is 0 Å². The largest absolute Gasteiger partial charge is 0.378 e. The Hall–Kier alpha value is -1.98. The van der Waals surface area contributed by atoms with Gasteiger partial charge in [-0.1, -0.05) is 61.0 Å². The van der Waals surface area contributed by atoms with Crippen molar-refractivity contribution >= 4 is 5.57 Å². The summed E-state index contributed by atoms with van der Waals surface area (Å²) in [6.07, 6.45) is 6.31. The van der Waals surface area contributed by atoms with E-state index in [0.717, 1.165) is 77.8 Å². The van der Waals surface area contributed by atoms with E-state index >= 15 is 0 Å². The summed E-state index contributed by atoms with van der Waals surface area (Å²) >= 11 is 0. The van der Waals surface area contributed by atoms with Gasteiger partial charge in [0.25, 0.3) is 0 Å². The second kappa shape index (κ2) is 11.4. The number of piperidine rings is 2. The SMILES string of the molecule is CCN1CCC(C(O)NC(C)CN2CCC(=C3c4ccccc4CCc4ccccc43)CC2)CC1. The molecule has 4 heteroatoms. The van der Waals surface area contributed by atoms with Gasteiger partial charge in [0, 0.05) is 31.6 Å². The van der Waals surface area contributed by atoms with Gasteiger partial charge in [-0.25, -0.2) is 0 Å². The van der Waals surface area contributed by atoms with E-state index < -0.39 is 0 Å². The number of hydrogen-bond acceptors (Lipinski definition) is 4. The molecule has 2 aromatic rings. The molecule has 1 aliphatic carbocycles. The number of fused-ring (bicyclic) bond motifs is 2. The minimum atomic E-state index is -0.384. The lowest BCUT2D eigenvalue weighted by Gasteiger charge is -2.36. The van der Waals surface area contributed by atoms with Crippen LogP contribution in [0.25, 0.3) is 5.57 Å². The van der Waals surface area contributed by atoms with Crippen molar-refractivity contribution < 1.29 is 5.11 Å². The average molecular weight is 474 g/mol. The maximum atomic E-state index is 10.8. The van der Waals surface area contributed by atoms with E-state index in [2.05, 4.69) is 77.5 Å². The predicted molar refractivity (Wildman–Crippen MR) is 145 cm³/mol. The van der Waals surface area contributed by atoms with Gasteiger partial charge in [-0.15, -0.1) is 0 Å². The first-order valence-electron chi connectivity index (χ1n) is 13.9. The van der Waals surface area contributed by atoms with Crippen LogP contribution in [0.3, 0.4) is 0 Å². The van der Waals surface area contributed by atoms with Crippen molar-refractivity contribution in [2.75, 3.05) is 39.3 Å². The molecular formula is C31H43N3O. The summed E-state index contributed by atoms with van der Waals surface area (Å²) in [4.78, 5) is 5.07. The van der Waals surface area contributed by atoms with Crippen molar-refractivity contribution in [2.24, 2.45) is 5.92 Å². The Labute approximate surface area is 212 Å². The molecule has 2 saturated heterocycles. The van der Waals surface area contributed by atoms with Crippen LogP contribution in [0.4, 0.5) is 0 Å². The third kappa shape index (κ3) is 5.72. The number of rotatable bonds is 6. The summed E-state index contributed by atoms with van der Waals surface area (Å²) in [5.41, 5.74) is 9.01. The van der Waals surface area contributed by atoms with Gasteiger partial charge in [-0.2, -0.15) is 0 Å². The fourth-order valence-corrected chi connectivity index (χ4v) is 6.47. The van der Waals surface area contributed by atoms with E-state index in [0.29, 0.717) is 12.0 Å². The van der Waals surface area contributed by atoms with Gasteiger partial charge in [0.1, 0.15) is 6.23 Å². The van der Waals surface area contributed by atoms with E-state index in [4.69, 9.17) is 0 Å². The average Bonchev–Trinajstić information content (AvgIpc) is 3.06. The smallest absolute Gasteiger partial charge is 0.108 e. The van der Waals surface area contributed by atoms with E-state index in [-0.39, 0.29) is 6.23 Å². The second-order valence-corrected chi connectivity index (χ2v) is 10.9. The normalized spacial score (nSPS) is 21.8. The number of aliphatic hydroxyl groups is 1. The van der Waals surface area contributed by atoms with Gasteiger partial charge in [0.15, 0.2) is 0 Å². The molecule has 0 spiro atoms. The lowest BCUT2D eigenvalue weighted by molar-refractivity contribution is 0.0258. The highest BCUT2D eigenvalue weighted by molar-refractivity contribution is 5.86. The number of hydrogen-bond donors (Lipinski definition) is 2. The summed E-state index contributed by atoms with van der Waals surface area (Å²) < 4.78 is 0. The number of likely N-dealkylation sites (tertiary alicyclic amines) is 2. The number of nitrogens with one attached hydrogen (secondary N) is 1. The van der Waals surface area contributed by atoms with E-state index in [9.17, 15) is 5.11 Å². The van der Waals surface area contributed by atoms with Crippen LogP contribution in [0.2, 0.25) is 0 Å². The number of benzene rings is 2. The van der Waals surface area contributed by atoms with Crippen LogP contribution in [0.5, 0.6) is 0 Å². The molecule has 5 rings (SSSR count). The Kier molecular flexibility index (Phi) is 8.04. The van der Waals surface area contributed by atoms with Crippen LogP contribution in [0, 0.1) is 5.92 Å². The van der Waals surface area contributed by atoms with E-state index in [1.807, 2.05) is 0 Å². The first-order valence-corrected chi connectivity index (χ1v) is 13.9. The molecule has 0 bridgehead atoms. The van der Waals surface area contributed by atoms with Crippen LogP contribution in [-0.2, 0) is 12.8 Å². The molecule has 2 unspecified atom stereocenters. The van der Waals surface area contributed by atoms with E-state index in [1.165, 1.54) is 27.8 Å². The molecular weight excluding hydrogens is 430 g/mol. The quantitative estimate of drug-likeness (QED) is 0.596. The second-order valence-electron chi connectivity index (χ2n) is 10.9. The Morgan fingerprint density at radius 2 is 1.40 bits per heavy atom. The zero-order valence-electron chi connectivity index (χ0n) is 21.7. The molecule has 188 valence electrons. The molecule has 2 fully saturated rings. The molecule has 0 saturated carbocycles. The molecule has 0 radical (unpaired) electrons. The highest BCUT2D eigenvalue weighted by Gasteiger charge is 2.27. The van der Waals surface area contributed by atoms with Gasteiger partial charge in [-0.05, 0) is 92.9 Å². The van der Waals surface area contributed by atoms with Crippen molar-refractivity contribution in [3.05, 3.63) is 76.4 Å². The molecule has 2 heterocycles. The Morgan fingerprint density at radius 1 is 0.829 bits per heavy atom. The van der Waals surface area contributed by atoms with Gasteiger partial charge in [-0.3, -0.25) is 5.32 Å². The lowest BCUT2D eigenvalue weighted by Crippen LogP contribution is -2.49. The molecule has 0 aromatic heterocycles. The molecule has 3 aliphatic rings. The van der Waals surface area contributed by atoms with Crippen molar-refractivity contribution in [2.45, 2.75) is 64.6 Å². The van der Waals surface area contributed by atoms with Crippen LogP contribution < -0.4 is 5.32 Å². The summed E-state index contributed by atoms with van der Waals surface area (Å²) in [5, 5.41) is 14.3. The first kappa shape index (κ1) is 24.7. The molecule has 0 amide bonds. The summed E-state index contributed by atoms with van der Waals surface area (Å²) in [7, 11) is 0. The fourth-order valence-electron chi connectivity index (χ4n) is 6.47. The standard InChI is InChI=1S/C31H43N3O/c1-3-33-18-16-27(17-19-33)31(35)32-23(2)22-34-20-14-26(15-21-34)30-28-10-6-4-8-24(28)12-13-25-9-5-7-11-29(25)30/h4-11,23,27,31-32,35H,3,12-22H2,1-2H3. The molecule has 2 atom stereocenters. The fraction of sp³-hybridized carbons (Fsp3) is 0.548. The van der Waals surface area contributed by atoms with E-state index in [1.54, 1.807) is 5.57 Å². The van der Waals surface area contributed by atoms with Crippen molar-refractivity contribution in [1.29, 1.82) is 0 Å². The number of aliphatic hydroxyl groups excluding tert-OH is 1. The van der Waals surface area contributed by atoms with Crippen LogP contribution in [0.15, 0.2) is 54.1 Å². The Morgan fingerprint density at radius 3 is 1.97 bits per heavy atom. The van der Waals surface area contributed by atoms with Crippen molar-refractivity contribution in [1.82, 2.24) is 15.1 Å². The van der Waals surface area contributed by atoms with Crippen LogP contribution >= 0.6 is 0 Å². The van der Waals surface area contributed by atoms with Crippen molar-refractivity contribution in [3.8, 4) is 0 Å². The monoisotopic (exact) mass is 473 g/mol. The first-order chi connectivity index (χ1) is 17.1. The third-order valence-electron chi connectivity index (χ3n) is 8.56. The summed E-state index contributed by atoms with van der Waals surface area (Å²) in [5.74, 6) is 0.383. The molecule has 35 heavy (non-hydrogen) atoms. The maximum Gasteiger partial charge on any atom is 0.108 e. The lowest BCUT2D eigenvalue weighted by atomic mass is 9.86. The molecule has 2 N–H and O–H groups in total. The molecule has 2 aliphatic heterocycles.